The molecule has 0 radical (unpaired) electrons. The van der Waals surface area contributed by atoms with Crippen LogP contribution in [0, 0.1) is 5.41 Å². The van der Waals surface area contributed by atoms with E-state index in [0.717, 1.165) is 11.5 Å². The number of nitrogens with two attached hydrogens (primary N) is 1. The maximum atomic E-state index is 6.00. The summed E-state index contributed by atoms with van der Waals surface area (Å²) >= 11 is 0. The molecule has 3 nitrogen and oxygen atoms in total. The van der Waals surface area contributed by atoms with Gasteiger partial charge in [0.15, 0.2) is 0 Å². The average molecular weight is 223 g/mol. The molecule has 0 heterocycles. The molecule has 2 N–H and O–H groups in total. The molecule has 0 saturated carbocycles. The normalized spacial score (nSPS) is 13.3. The van der Waals surface area contributed by atoms with Crippen LogP contribution in [0.5, 0.6) is 11.5 Å². The quantitative estimate of drug-likeness (QED) is 0.852. The molecule has 0 aliphatic rings. The third-order valence-electron chi connectivity index (χ3n) is 2.60. The van der Waals surface area contributed by atoms with Gasteiger partial charge in [-0.1, -0.05) is 20.8 Å². The van der Waals surface area contributed by atoms with Crippen LogP contribution in [0.25, 0.3) is 0 Å². The lowest BCUT2D eigenvalue weighted by Gasteiger charge is -2.26. The van der Waals surface area contributed by atoms with Gasteiger partial charge in [0.25, 0.3) is 0 Å². The van der Waals surface area contributed by atoms with Crippen molar-refractivity contribution in [3.05, 3.63) is 24.3 Å². The molecule has 0 amide bonds. The summed E-state index contributed by atoms with van der Waals surface area (Å²) in [4.78, 5) is 0. The monoisotopic (exact) mass is 223 g/mol. The summed E-state index contributed by atoms with van der Waals surface area (Å²) < 4.78 is 10.7. The van der Waals surface area contributed by atoms with Gasteiger partial charge >= 0.3 is 0 Å². The molecule has 1 unspecified atom stereocenters. The fraction of sp³-hybridized carbons (Fsp3) is 0.538. The lowest BCUT2D eigenvalue weighted by atomic mass is 9.88. The molecule has 1 atom stereocenters. The van der Waals surface area contributed by atoms with Crippen molar-refractivity contribution in [3.63, 3.8) is 0 Å². The first-order valence-electron chi connectivity index (χ1n) is 5.46. The molecule has 0 fully saturated rings. The second-order valence-electron chi connectivity index (χ2n) is 4.96. The van der Waals surface area contributed by atoms with Gasteiger partial charge in [-0.05, 0) is 29.7 Å². The van der Waals surface area contributed by atoms with Crippen molar-refractivity contribution in [3.8, 4) is 11.5 Å². The van der Waals surface area contributed by atoms with Gasteiger partial charge in [0, 0.05) is 6.04 Å². The molecule has 3 heteroatoms. The van der Waals surface area contributed by atoms with Crippen LogP contribution >= 0.6 is 0 Å². The zero-order chi connectivity index (χ0) is 12.2. The molecular weight excluding hydrogens is 202 g/mol. The molecule has 0 spiro atoms. The van der Waals surface area contributed by atoms with Gasteiger partial charge < -0.3 is 15.2 Å². The van der Waals surface area contributed by atoms with E-state index in [2.05, 4.69) is 20.8 Å². The van der Waals surface area contributed by atoms with Crippen LogP contribution in [0.3, 0.4) is 0 Å². The van der Waals surface area contributed by atoms with Crippen LogP contribution in [0.2, 0.25) is 0 Å². The molecule has 1 aromatic carbocycles. The van der Waals surface area contributed by atoms with Gasteiger partial charge in [-0.2, -0.15) is 0 Å². The predicted octanol–water partition coefficient (Wildman–Crippen LogP) is 2.45. The van der Waals surface area contributed by atoms with E-state index in [-0.39, 0.29) is 11.5 Å². The summed E-state index contributed by atoms with van der Waals surface area (Å²) in [7, 11) is 1.64. The summed E-state index contributed by atoms with van der Waals surface area (Å²) in [5, 5.41) is 0. The average Bonchev–Trinajstić information content (AvgIpc) is 2.25. The molecule has 90 valence electrons. The minimum absolute atomic E-state index is 0.0228. The van der Waals surface area contributed by atoms with Crippen molar-refractivity contribution < 1.29 is 9.47 Å². The molecule has 0 aliphatic heterocycles. The minimum Gasteiger partial charge on any atom is -0.497 e. The molecule has 16 heavy (non-hydrogen) atoms. The summed E-state index contributed by atoms with van der Waals surface area (Å²) in [6.07, 6.45) is 0. The summed E-state index contributed by atoms with van der Waals surface area (Å²) in [5.41, 5.74) is 6.07. The largest absolute Gasteiger partial charge is 0.497 e. The van der Waals surface area contributed by atoms with Crippen LogP contribution < -0.4 is 15.2 Å². The van der Waals surface area contributed by atoms with Gasteiger partial charge in [-0.3, -0.25) is 0 Å². The van der Waals surface area contributed by atoms with E-state index < -0.39 is 0 Å². The van der Waals surface area contributed by atoms with Gasteiger partial charge in [0.1, 0.15) is 18.1 Å². The third-order valence-corrected chi connectivity index (χ3v) is 2.60. The van der Waals surface area contributed by atoms with Crippen molar-refractivity contribution in [2.45, 2.75) is 26.8 Å². The van der Waals surface area contributed by atoms with E-state index in [1.807, 2.05) is 24.3 Å². The van der Waals surface area contributed by atoms with Crippen LogP contribution in [0.4, 0.5) is 0 Å². The Morgan fingerprint density at radius 3 is 2.06 bits per heavy atom. The van der Waals surface area contributed by atoms with Crippen LogP contribution in [-0.2, 0) is 0 Å². The number of hydrogen-bond donors (Lipinski definition) is 1. The Morgan fingerprint density at radius 1 is 1.12 bits per heavy atom. The molecule has 0 aliphatic carbocycles. The van der Waals surface area contributed by atoms with Crippen LogP contribution in [-0.4, -0.2) is 19.8 Å². The van der Waals surface area contributed by atoms with Crippen molar-refractivity contribution in [2.75, 3.05) is 13.7 Å². The summed E-state index contributed by atoms with van der Waals surface area (Å²) in [6, 6.07) is 7.53. The number of benzene rings is 1. The molecule has 0 aromatic heterocycles. The van der Waals surface area contributed by atoms with Gasteiger partial charge in [0.05, 0.1) is 7.11 Å². The maximum absolute atomic E-state index is 6.00. The Morgan fingerprint density at radius 2 is 1.62 bits per heavy atom. The second kappa shape index (κ2) is 5.21. The Hall–Kier alpha value is -1.22. The number of hydrogen-bond acceptors (Lipinski definition) is 3. The molecule has 0 saturated heterocycles. The first-order valence-corrected chi connectivity index (χ1v) is 5.46. The Kier molecular flexibility index (Phi) is 4.19. The molecule has 1 aromatic rings. The third kappa shape index (κ3) is 3.74. The van der Waals surface area contributed by atoms with Crippen LogP contribution in [0.1, 0.15) is 20.8 Å². The number of ether oxygens (including phenoxy) is 2. The molecule has 1 rings (SSSR count). The highest BCUT2D eigenvalue weighted by Crippen LogP contribution is 2.20. The van der Waals surface area contributed by atoms with Crippen molar-refractivity contribution in [1.29, 1.82) is 0 Å². The molecular formula is C13H21NO2. The van der Waals surface area contributed by atoms with E-state index >= 15 is 0 Å². The Balaban J connectivity index is 2.48. The first-order chi connectivity index (χ1) is 7.43. The number of methoxy groups -OCH3 is 1. The van der Waals surface area contributed by atoms with E-state index in [1.165, 1.54) is 0 Å². The topological polar surface area (TPSA) is 44.5 Å². The summed E-state index contributed by atoms with van der Waals surface area (Å²) in [5.74, 6) is 1.65. The molecule has 0 bridgehead atoms. The lowest BCUT2D eigenvalue weighted by Crippen LogP contribution is -2.40. The SMILES string of the molecule is COc1ccc(OCC(N)C(C)(C)C)cc1. The zero-order valence-corrected chi connectivity index (χ0v) is 10.5. The Labute approximate surface area is 97.6 Å². The van der Waals surface area contributed by atoms with E-state index in [4.69, 9.17) is 15.2 Å². The van der Waals surface area contributed by atoms with Gasteiger partial charge in [-0.15, -0.1) is 0 Å². The number of rotatable bonds is 4. The maximum Gasteiger partial charge on any atom is 0.119 e. The lowest BCUT2D eigenvalue weighted by molar-refractivity contribution is 0.205. The van der Waals surface area contributed by atoms with Crippen LogP contribution in [0.15, 0.2) is 24.3 Å². The first kappa shape index (κ1) is 12.8. The fourth-order valence-corrected chi connectivity index (χ4v) is 1.11. The van der Waals surface area contributed by atoms with Gasteiger partial charge in [-0.25, -0.2) is 0 Å². The fourth-order valence-electron chi connectivity index (χ4n) is 1.11. The highest BCUT2D eigenvalue weighted by atomic mass is 16.5. The van der Waals surface area contributed by atoms with Crippen molar-refractivity contribution in [1.82, 2.24) is 0 Å². The van der Waals surface area contributed by atoms with Crippen molar-refractivity contribution >= 4 is 0 Å². The second-order valence-corrected chi connectivity index (χ2v) is 4.96. The Bertz CT molecular complexity index is 314. The predicted molar refractivity (Wildman–Crippen MR) is 65.9 cm³/mol. The highest BCUT2D eigenvalue weighted by molar-refractivity contribution is 5.31. The minimum atomic E-state index is 0.0228. The zero-order valence-electron chi connectivity index (χ0n) is 10.5. The van der Waals surface area contributed by atoms with Crippen molar-refractivity contribution in [2.24, 2.45) is 11.1 Å². The van der Waals surface area contributed by atoms with Gasteiger partial charge in [0.2, 0.25) is 0 Å². The standard InChI is InChI=1S/C13H21NO2/c1-13(2,3)12(14)9-16-11-7-5-10(15-4)6-8-11/h5-8,12H,9,14H2,1-4H3. The van der Waals surface area contributed by atoms with E-state index in [1.54, 1.807) is 7.11 Å². The highest BCUT2D eigenvalue weighted by Gasteiger charge is 2.20. The summed E-state index contributed by atoms with van der Waals surface area (Å²) in [6.45, 7) is 6.84. The van der Waals surface area contributed by atoms with E-state index in [9.17, 15) is 0 Å². The smallest absolute Gasteiger partial charge is 0.119 e. The van der Waals surface area contributed by atoms with E-state index in [0.29, 0.717) is 6.61 Å².